The molecule has 1 aromatic rings. The van der Waals surface area contributed by atoms with Crippen molar-refractivity contribution in [2.75, 3.05) is 0 Å². The summed E-state index contributed by atoms with van der Waals surface area (Å²) < 4.78 is 0. The monoisotopic (exact) mass is 237 g/mol. The zero-order valence-electron chi connectivity index (χ0n) is 10.0. The van der Waals surface area contributed by atoms with Crippen LogP contribution in [0.4, 0.5) is 0 Å². The van der Waals surface area contributed by atoms with E-state index < -0.39 is 0 Å². The van der Waals surface area contributed by atoms with Gasteiger partial charge in [-0.1, -0.05) is 30.7 Å². The lowest BCUT2D eigenvalue weighted by Crippen LogP contribution is -2.32. The van der Waals surface area contributed by atoms with Crippen LogP contribution in [0.1, 0.15) is 44.7 Å². The normalized spacial score (nSPS) is 19.4. The number of nitrogens with one attached hydrogen (secondary N) is 1. The fraction of sp³-hybridized carbons (Fsp3) is 0.571. The molecule has 2 heteroatoms. The fourth-order valence-electron chi connectivity index (χ4n) is 2.25. The molecule has 2 atom stereocenters. The zero-order chi connectivity index (χ0) is 11.5. The molecule has 1 unspecified atom stereocenters. The molecule has 1 aromatic carbocycles. The maximum Gasteiger partial charge on any atom is 0.0406 e. The average molecular weight is 238 g/mol. The van der Waals surface area contributed by atoms with Crippen LogP contribution in [0.25, 0.3) is 0 Å². The molecule has 1 nitrogen and oxygen atoms in total. The molecule has 0 bridgehead atoms. The number of halogens is 1. The highest BCUT2D eigenvalue weighted by Gasteiger charge is 2.30. The van der Waals surface area contributed by atoms with Gasteiger partial charge in [-0.15, -0.1) is 0 Å². The summed E-state index contributed by atoms with van der Waals surface area (Å²) in [4.78, 5) is 0. The first-order chi connectivity index (χ1) is 7.70. The molecular formula is C14H20ClN. The molecule has 1 saturated carbocycles. The van der Waals surface area contributed by atoms with E-state index in [-0.39, 0.29) is 0 Å². The van der Waals surface area contributed by atoms with Gasteiger partial charge in [-0.25, -0.2) is 0 Å². The molecule has 1 aliphatic carbocycles. The van der Waals surface area contributed by atoms with Gasteiger partial charge in [0.15, 0.2) is 0 Å². The summed E-state index contributed by atoms with van der Waals surface area (Å²) in [5.74, 6) is 0.916. The Kier molecular flexibility index (Phi) is 3.88. The first-order valence-electron chi connectivity index (χ1n) is 6.22. The molecule has 16 heavy (non-hydrogen) atoms. The second-order valence-electron chi connectivity index (χ2n) is 4.79. The number of rotatable bonds is 5. The first-order valence-corrected chi connectivity index (χ1v) is 6.60. The van der Waals surface area contributed by atoms with Gasteiger partial charge in [0.2, 0.25) is 0 Å². The average Bonchev–Trinajstić information content (AvgIpc) is 3.10. The SMILES string of the molecule is CCC(N[C@H](C)c1ccc(Cl)cc1)C1CC1. The molecule has 0 heterocycles. The Morgan fingerprint density at radius 2 is 1.94 bits per heavy atom. The van der Waals surface area contributed by atoms with Crippen molar-refractivity contribution in [2.45, 2.75) is 45.2 Å². The molecule has 88 valence electrons. The molecule has 0 aromatic heterocycles. The fourth-order valence-corrected chi connectivity index (χ4v) is 2.38. The molecule has 2 rings (SSSR count). The van der Waals surface area contributed by atoms with Gasteiger partial charge in [-0.3, -0.25) is 0 Å². The van der Waals surface area contributed by atoms with Gasteiger partial charge in [0.1, 0.15) is 0 Å². The molecule has 0 saturated heterocycles. The van der Waals surface area contributed by atoms with E-state index in [9.17, 15) is 0 Å². The van der Waals surface area contributed by atoms with Crippen LogP contribution in [-0.2, 0) is 0 Å². The Bertz CT molecular complexity index is 329. The quantitative estimate of drug-likeness (QED) is 0.810. The van der Waals surface area contributed by atoms with Gasteiger partial charge in [-0.05, 0) is 49.8 Å². The number of hydrogen-bond acceptors (Lipinski definition) is 1. The number of hydrogen-bond donors (Lipinski definition) is 1. The van der Waals surface area contributed by atoms with Crippen LogP contribution >= 0.6 is 11.6 Å². The Balaban J connectivity index is 1.95. The van der Waals surface area contributed by atoms with Crippen LogP contribution in [0.5, 0.6) is 0 Å². The maximum absolute atomic E-state index is 5.89. The molecule has 0 spiro atoms. The predicted molar refractivity (Wildman–Crippen MR) is 69.8 cm³/mol. The Morgan fingerprint density at radius 1 is 1.31 bits per heavy atom. The molecule has 0 aliphatic heterocycles. The van der Waals surface area contributed by atoms with Crippen LogP contribution in [0.2, 0.25) is 5.02 Å². The van der Waals surface area contributed by atoms with Gasteiger partial charge in [-0.2, -0.15) is 0 Å². The zero-order valence-corrected chi connectivity index (χ0v) is 10.8. The highest BCUT2D eigenvalue weighted by Crippen LogP contribution is 2.35. The lowest BCUT2D eigenvalue weighted by Gasteiger charge is -2.22. The van der Waals surface area contributed by atoms with E-state index in [0.717, 1.165) is 10.9 Å². The summed E-state index contributed by atoms with van der Waals surface area (Å²) in [6.45, 7) is 4.50. The lowest BCUT2D eigenvalue weighted by molar-refractivity contribution is 0.405. The summed E-state index contributed by atoms with van der Waals surface area (Å²) in [6, 6.07) is 9.26. The topological polar surface area (TPSA) is 12.0 Å². The third-order valence-electron chi connectivity index (χ3n) is 3.46. The van der Waals surface area contributed by atoms with Crippen LogP contribution in [-0.4, -0.2) is 6.04 Å². The van der Waals surface area contributed by atoms with Crippen LogP contribution in [0, 0.1) is 5.92 Å². The van der Waals surface area contributed by atoms with E-state index in [2.05, 4.69) is 31.3 Å². The standard InChI is InChI=1S/C14H20ClN/c1-3-14(12-4-5-12)16-10(2)11-6-8-13(15)9-7-11/h6-10,12,14,16H,3-5H2,1-2H3/t10-,14?/m1/s1. The maximum atomic E-state index is 5.89. The highest BCUT2D eigenvalue weighted by molar-refractivity contribution is 6.30. The molecule has 1 fully saturated rings. The predicted octanol–water partition coefficient (Wildman–Crippen LogP) is 4.18. The van der Waals surface area contributed by atoms with Crippen molar-refractivity contribution in [3.63, 3.8) is 0 Å². The van der Waals surface area contributed by atoms with Gasteiger partial charge in [0, 0.05) is 17.1 Å². The largest absolute Gasteiger partial charge is 0.307 e. The summed E-state index contributed by atoms with van der Waals surface area (Å²) in [6.07, 6.45) is 4.03. The van der Waals surface area contributed by atoms with Crippen molar-refractivity contribution in [1.82, 2.24) is 5.32 Å². The summed E-state index contributed by atoms with van der Waals surface area (Å²) in [7, 11) is 0. The molecular weight excluding hydrogens is 218 g/mol. The van der Waals surface area contributed by atoms with Crippen LogP contribution in [0.3, 0.4) is 0 Å². The van der Waals surface area contributed by atoms with Crippen molar-refractivity contribution >= 4 is 11.6 Å². The van der Waals surface area contributed by atoms with E-state index >= 15 is 0 Å². The minimum absolute atomic E-state index is 0.419. The molecule has 0 radical (unpaired) electrons. The van der Waals surface area contributed by atoms with Gasteiger partial charge in [0.25, 0.3) is 0 Å². The summed E-state index contributed by atoms with van der Waals surface area (Å²) >= 11 is 5.89. The van der Waals surface area contributed by atoms with E-state index in [0.29, 0.717) is 12.1 Å². The Labute approximate surface area is 103 Å². The van der Waals surface area contributed by atoms with Crippen molar-refractivity contribution in [2.24, 2.45) is 5.92 Å². The van der Waals surface area contributed by atoms with E-state index in [1.165, 1.54) is 24.8 Å². The van der Waals surface area contributed by atoms with Crippen molar-refractivity contribution in [1.29, 1.82) is 0 Å². The van der Waals surface area contributed by atoms with Gasteiger partial charge >= 0.3 is 0 Å². The highest BCUT2D eigenvalue weighted by atomic mass is 35.5. The second-order valence-corrected chi connectivity index (χ2v) is 5.23. The van der Waals surface area contributed by atoms with Crippen LogP contribution in [0.15, 0.2) is 24.3 Å². The minimum Gasteiger partial charge on any atom is -0.307 e. The third-order valence-corrected chi connectivity index (χ3v) is 3.72. The van der Waals surface area contributed by atoms with E-state index in [1.54, 1.807) is 0 Å². The molecule has 0 amide bonds. The summed E-state index contributed by atoms with van der Waals surface area (Å²) in [5, 5.41) is 4.53. The van der Waals surface area contributed by atoms with Crippen molar-refractivity contribution in [3.8, 4) is 0 Å². The first kappa shape index (κ1) is 11.9. The summed E-state index contributed by atoms with van der Waals surface area (Å²) in [5.41, 5.74) is 1.32. The molecule has 1 aliphatic rings. The minimum atomic E-state index is 0.419. The Hall–Kier alpha value is -0.530. The second kappa shape index (κ2) is 5.20. The van der Waals surface area contributed by atoms with Crippen LogP contribution < -0.4 is 5.32 Å². The smallest absolute Gasteiger partial charge is 0.0406 e. The van der Waals surface area contributed by atoms with Gasteiger partial charge in [0.05, 0.1) is 0 Å². The van der Waals surface area contributed by atoms with E-state index in [4.69, 9.17) is 11.6 Å². The number of benzene rings is 1. The molecule has 1 N–H and O–H groups in total. The lowest BCUT2D eigenvalue weighted by atomic mass is 10.0. The van der Waals surface area contributed by atoms with Crippen molar-refractivity contribution in [3.05, 3.63) is 34.9 Å². The third kappa shape index (κ3) is 2.99. The Morgan fingerprint density at radius 3 is 2.44 bits per heavy atom. The van der Waals surface area contributed by atoms with E-state index in [1.807, 2.05) is 12.1 Å². The van der Waals surface area contributed by atoms with Gasteiger partial charge < -0.3 is 5.32 Å². The van der Waals surface area contributed by atoms with Crippen molar-refractivity contribution < 1.29 is 0 Å².